The van der Waals surface area contributed by atoms with Crippen molar-refractivity contribution in [3.05, 3.63) is 16.4 Å². The van der Waals surface area contributed by atoms with Crippen LogP contribution in [0.25, 0.3) is 0 Å². The van der Waals surface area contributed by atoms with E-state index in [9.17, 15) is 4.79 Å². The van der Waals surface area contributed by atoms with Crippen LogP contribution in [0.1, 0.15) is 56.9 Å². The monoisotopic (exact) mass is 312 g/mol. The number of nitrogens with zero attached hydrogens (tertiary/aromatic N) is 2. The van der Waals surface area contributed by atoms with Crippen LogP contribution in [0.5, 0.6) is 0 Å². The van der Waals surface area contributed by atoms with Gasteiger partial charge < -0.3 is 0 Å². The first-order valence-electron chi connectivity index (χ1n) is 6.70. The van der Waals surface area contributed by atoms with Crippen LogP contribution in [-0.2, 0) is 6.54 Å². The molecule has 1 aromatic rings. The molecule has 1 heterocycles. The maximum atomic E-state index is 12.6. The molecule has 2 rings (SSSR count). The molecular formula is C14H21BrN2O. The van der Waals surface area contributed by atoms with Gasteiger partial charge in [0.15, 0.2) is 5.78 Å². The predicted molar refractivity (Wildman–Crippen MR) is 75.7 cm³/mol. The third-order valence-corrected chi connectivity index (χ3v) is 4.62. The molecule has 0 aromatic carbocycles. The van der Waals surface area contributed by atoms with Crippen molar-refractivity contribution < 1.29 is 4.79 Å². The minimum Gasteiger partial charge on any atom is -0.292 e. The van der Waals surface area contributed by atoms with Crippen molar-refractivity contribution in [2.45, 2.75) is 53.0 Å². The van der Waals surface area contributed by atoms with Crippen LogP contribution in [-0.4, -0.2) is 15.6 Å². The summed E-state index contributed by atoms with van der Waals surface area (Å²) in [6.07, 6.45) is 6.02. The number of carbonyl (C=O) groups excluding carboxylic acids is 1. The Hall–Kier alpha value is -0.640. The molecule has 1 saturated carbocycles. The average Bonchev–Trinajstić information content (AvgIpc) is 2.69. The Morgan fingerprint density at radius 3 is 2.67 bits per heavy atom. The summed E-state index contributed by atoms with van der Waals surface area (Å²) in [5, 5.41) is 4.23. The zero-order valence-corrected chi connectivity index (χ0v) is 13.0. The van der Waals surface area contributed by atoms with Gasteiger partial charge in [0.25, 0.3) is 0 Å². The minimum absolute atomic E-state index is 0.177. The van der Waals surface area contributed by atoms with E-state index in [0.29, 0.717) is 5.41 Å². The maximum absolute atomic E-state index is 12.6. The van der Waals surface area contributed by atoms with Gasteiger partial charge in [0.05, 0.1) is 10.7 Å². The van der Waals surface area contributed by atoms with Crippen molar-refractivity contribution in [3.8, 4) is 0 Å². The van der Waals surface area contributed by atoms with Gasteiger partial charge in [-0.25, -0.2) is 0 Å². The van der Waals surface area contributed by atoms with Gasteiger partial charge in [-0.15, -0.1) is 0 Å². The normalized spacial score (nSPS) is 20.0. The molecule has 1 aliphatic rings. The highest BCUT2D eigenvalue weighted by atomic mass is 79.9. The number of aryl methyl sites for hydroxylation is 1. The fourth-order valence-corrected chi connectivity index (χ4v) is 3.19. The standard InChI is InChI=1S/C14H21BrN2O/c1-4-17-12(11(15)9-16-17)13(18)10-5-7-14(2,3)8-6-10/h9-10H,4-8H2,1-3H3. The number of hydrogen-bond donors (Lipinski definition) is 0. The van der Waals surface area contributed by atoms with Crippen LogP contribution in [0, 0.1) is 11.3 Å². The van der Waals surface area contributed by atoms with Gasteiger partial charge in [0.1, 0.15) is 5.69 Å². The van der Waals surface area contributed by atoms with Crippen molar-refractivity contribution in [2.24, 2.45) is 11.3 Å². The number of carbonyl (C=O) groups is 1. The van der Waals surface area contributed by atoms with Gasteiger partial charge in [-0.3, -0.25) is 9.48 Å². The molecule has 0 amide bonds. The second-order valence-corrected chi connectivity index (χ2v) is 6.81. The van der Waals surface area contributed by atoms with Gasteiger partial charge in [0, 0.05) is 12.5 Å². The van der Waals surface area contributed by atoms with E-state index < -0.39 is 0 Å². The second-order valence-electron chi connectivity index (χ2n) is 5.96. The summed E-state index contributed by atoms with van der Waals surface area (Å²) >= 11 is 3.44. The Morgan fingerprint density at radius 1 is 1.50 bits per heavy atom. The average molecular weight is 313 g/mol. The van der Waals surface area contributed by atoms with E-state index in [4.69, 9.17) is 0 Å². The number of Topliss-reactive ketones (excluding diaryl/α,β-unsaturated/α-hetero) is 1. The van der Waals surface area contributed by atoms with Crippen molar-refractivity contribution >= 4 is 21.7 Å². The van der Waals surface area contributed by atoms with Crippen LogP contribution in [0.2, 0.25) is 0 Å². The molecular weight excluding hydrogens is 292 g/mol. The predicted octanol–water partition coefficient (Wildman–Crippen LogP) is 4.06. The molecule has 1 aromatic heterocycles. The molecule has 18 heavy (non-hydrogen) atoms. The first kappa shape index (κ1) is 13.8. The highest BCUT2D eigenvalue weighted by Gasteiger charge is 2.32. The molecule has 0 saturated heterocycles. The van der Waals surface area contributed by atoms with E-state index in [2.05, 4.69) is 34.9 Å². The maximum Gasteiger partial charge on any atom is 0.185 e. The third kappa shape index (κ3) is 2.68. The Bertz CT molecular complexity index is 441. The number of halogens is 1. The van der Waals surface area contributed by atoms with Crippen LogP contribution in [0.3, 0.4) is 0 Å². The van der Waals surface area contributed by atoms with Gasteiger partial charge >= 0.3 is 0 Å². The van der Waals surface area contributed by atoms with E-state index in [1.807, 2.05) is 6.92 Å². The Labute approximate surface area is 117 Å². The summed E-state index contributed by atoms with van der Waals surface area (Å²) in [6, 6.07) is 0. The van der Waals surface area contributed by atoms with Crippen LogP contribution in [0.4, 0.5) is 0 Å². The van der Waals surface area contributed by atoms with Crippen molar-refractivity contribution in [3.63, 3.8) is 0 Å². The quantitative estimate of drug-likeness (QED) is 0.789. The smallest absolute Gasteiger partial charge is 0.185 e. The summed E-state index contributed by atoms with van der Waals surface area (Å²) in [7, 11) is 0. The van der Waals surface area contributed by atoms with Gasteiger partial charge in [-0.1, -0.05) is 13.8 Å². The number of hydrogen-bond acceptors (Lipinski definition) is 2. The van der Waals surface area contributed by atoms with Crippen LogP contribution < -0.4 is 0 Å². The van der Waals surface area contributed by atoms with Crippen LogP contribution >= 0.6 is 15.9 Å². The first-order valence-corrected chi connectivity index (χ1v) is 7.49. The lowest BCUT2D eigenvalue weighted by molar-refractivity contribution is 0.0826. The molecule has 0 atom stereocenters. The van der Waals surface area contributed by atoms with Crippen molar-refractivity contribution in [2.75, 3.05) is 0 Å². The summed E-state index contributed by atoms with van der Waals surface area (Å²) in [5.41, 5.74) is 1.15. The highest BCUT2D eigenvalue weighted by molar-refractivity contribution is 9.10. The van der Waals surface area contributed by atoms with E-state index in [1.54, 1.807) is 10.9 Å². The lowest BCUT2D eigenvalue weighted by Crippen LogP contribution is -2.27. The fourth-order valence-electron chi connectivity index (χ4n) is 2.70. The number of aromatic nitrogens is 2. The topological polar surface area (TPSA) is 34.9 Å². The Morgan fingerprint density at radius 2 is 2.11 bits per heavy atom. The van der Waals surface area contributed by atoms with Gasteiger partial charge in [0.2, 0.25) is 0 Å². The molecule has 4 heteroatoms. The molecule has 1 aliphatic carbocycles. The summed E-state index contributed by atoms with van der Waals surface area (Å²) in [6.45, 7) is 7.34. The molecule has 0 spiro atoms. The molecule has 0 aliphatic heterocycles. The van der Waals surface area contributed by atoms with Crippen molar-refractivity contribution in [1.82, 2.24) is 9.78 Å². The van der Waals surface area contributed by atoms with E-state index in [-0.39, 0.29) is 11.7 Å². The zero-order valence-electron chi connectivity index (χ0n) is 11.4. The zero-order chi connectivity index (χ0) is 13.3. The molecule has 100 valence electrons. The van der Waals surface area contributed by atoms with Gasteiger partial charge in [-0.05, 0) is 54.0 Å². The molecule has 0 unspecified atom stereocenters. The molecule has 0 bridgehead atoms. The van der Waals surface area contributed by atoms with Crippen molar-refractivity contribution in [1.29, 1.82) is 0 Å². The first-order chi connectivity index (χ1) is 8.44. The van der Waals surface area contributed by atoms with E-state index in [1.165, 1.54) is 0 Å². The van der Waals surface area contributed by atoms with E-state index >= 15 is 0 Å². The molecule has 3 nitrogen and oxygen atoms in total. The summed E-state index contributed by atoms with van der Waals surface area (Å²) < 4.78 is 2.63. The van der Waals surface area contributed by atoms with Gasteiger partial charge in [-0.2, -0.15) is 5.10 Å². The molecule has 0 N–H and O–H groups in total. The third-order valence-electron chi connectivity index (χ3n) is 4.04. The Balaban J connectivity index is 2.15. The lowest BCUT2D eigenvalue weighted by Gasteiger charge is -2.33. The largest absolute Gasteiger partial charge is 0.292 e. The fraction of sp³-hybridized carbons (Fsp3) is 0.714. The number of rotatable bonds is 3. The van der Waals surface area contributed by atoms with Crippen LogP contribution in [0.15, 0.2) is 10.7 Å². The molecule has 1 fully saturated rings. The van der Waals surface area contributed by atoms with E-state index in [0.717, 1.165) is 42.4 Å². The number of ketones is 1. The minimum atomic E-state index is 0.177. The lowest BCUT2D eigenvalue weighted by atomic mass is 9.72. The summed E-state index contributed by atoms with van der Waals surface area (Å²) in [5.74, 6) is 0.438. The second kappa shape index (κ2) is 5.16. The SMILES string of the molecule is CCn1ncc(Br)c1C(=O)C1CCC(C)(C)CC1. The molecule has 0 radical (unpaired) electrons. The Kier molecular flexibility index (Phi) is 3.95. The summed E-state index contributed by atoms with van der Waals surface area (Å²) in [4.78, 5) is 12.6. The highest BCUT2D eigenvalue weighted by Crippen LogP contribution is 2.39.